The molecule has 0 unspecified atom stereocenters. The van der Waals surface area contributed by atoms with Gasteiger partial charge in [0.2, 0.25) is 5.91 Å². The molecule has 142 valence electrons. The highest BCUT2D eigenvalue weighted by atomic mass is 32.2. The lowest BCUT2D eigenvalue weighted by molar-refractivity contribution is -0.117. The van der Waals surface area contributed by atoms with Crippen LogP contribution in [0.3, 0.4) is 0 Å². The predicted molar refractivity (Wildman–Crippen MR) is 104 cm³/mol. The van der Waals surface area contributed by atoms with E-state index in [9.17, 15) is 9.59 Å². The molecule has 3 rings (SSSR count). The minimum Gasteiger partial charge on any atom is -0.469 e. The number of nitrogens with one attached hydrogen (secondary N) is 2. The Bertz CT molecular complexity index is 917. The van der Waals surface area contributed by atoms with E-state index in [2.05, 4.69) is 20.8 Å². The van der Waals surface area contributed by atoms with E-state index in [1.165, 1.54) is 16.6 Å². The molecule has 0 saturated heterocycles. The average Bonchev–Trinajstić information content (AvgIpc) is 3.36. The lowest BCUT2D eigenvalue weighted by Gasteiger charge is -2.06. The fourth-order valence-electron chi connectivity index (χ4n) is 2.38. The van der Waals surface area contributed by atoms with Crippen LogP contribution >= 0.6 is 23.1 Å². The Morgan fingerprint density at radius 3 is 2.89 bits per heavy atom. The predicted octanol–water partition coefficient (Wildman–Crippen LogP) is 2.61. The largest absolute Gasteiger partial charge is 0.469 e. The molecule has 3 aromatic heterocycles. The summed E-state index contributed by atoms with van der Waals surface area (Å²) < 4.78 is 7.07. The lowest BCUT2D eigenvalue weighted by atomic mass is 10.2. The van der Waals surface area contributed by atoms with Gasteiger partial charge in [0.15, 0.2) is 11.0 Å². The SMILES string of the molecule is Cc1occc1-c1nnc(SCC(=O)NC(=O)NCCc2cccs2)n1C. The minimum atomic E-state index is -0.496. The van der Waals surface area contributed by atoms with Gasteiger partial charge in [0, 0.05) is 18.5 Å². The zero-order valence-electron chi connectivity index (χ0n) is 14.9. The molecule has 0 fully saturated rings. The summed E-state index contributed by atoms with van der Waals surface area (Å²) in [6.07, 6.45) is 2.33. The van der Waals surface area contributed by atoms with Gasteiger partial charge in [-0.15, -0.1) is 21.5 Å². The van der Waals surface area contributed by atoms with Gasteiger partial charge in [0.05, 0.1) is 17.6 Å². The van der Waals surface area contributed by atoms with E-state index in [1.807, 2.05) is 37.6 Å². The van der Waals surface area contributed by atoms with Crippen molar-refractivity contribution in [2.24, 2.45) is 7.05 Å². The molecule has 0 aliphatic heterocycles. The third-order valence-corrected chi connectivity index (χ3v) is 5.71. The molecule has 0 aliphatic carbocycles. The van der Waals surface area contributed by atoms with Gasteiger partial charge in [-0.1, -0.05) is 17.8 Å². The van der Waals surface area contributed by atoms with Crippen molar-refractivity contribution in [3.05, 3.63) is 40.5 Å². The number of hydrogen-bond acceptors (Lipinski definition) is 7. The van der Waals surface area contributed by atoms with Gasteiger partial charge in [-0.3, -0.25) is 10.1 Å². The Morgan fingerprint density at radius 2 is 2.19 bits per heavy atom. The van der Waals surface area contributed by atoms with E-state index in [0.29, 0.717) is 17.5 Å². The average molecular weight is 406 g/mol. The third-order valence-electron chi connectivity index (χ3n) is 3.76. The Balaban J connectivity index is 1.44. The number of thiophene rings is 1. The standard InChI is InChI=1S/C17H19N5O3S2/c1-11-13(6-8-25-11)15-20-21-17(22(15)2)27-10-14(23)19-16(24)18-7-5-12-4-3-9-26-12/h3-4,6,8-9H,5,7,10H2,1-2H3,(H2,18,19,23,24). The minimum absolute atomic E-state index is 0.0642. The number of urea groups is 1. The number of hydrogen-bond donors (Lipinski definition) is 2. The fourth-order valence-corrected chi connectivity index (χ4v) is 3.80. The van der Waals surface area contributed by atoms with Crippen LogP contribution < -0.4 is 10.6 Å². The van der Waals surface area contributed by atoms with Crippen molar-refractivity contribution in [3.63, 3.8) is 0 Å². The number of thioether (sulfide) groups is 1. The molecule has 3 heterocycles. The summed E-state index contributed by atoms with van der Waals surface area (Å²) >= 11 is 2.85. The number of carbonyl (C=O) groups is 2. The van der Waals surface area contributed by atoms with Crippen LogP contribution in [0.25, 0.3) is 11.4 Å². The molecule has 0 saturated carbocycles. The first-order valence-corrected chi connectivity index (χ1v) is 10.1. The number of furan rings is 1. The number of aromatic nitrogens is 3. The number of amides is 3. The number of carbonyl (C=O) groups excluding carboxylic acids is 2. The van der Waals surface area contributed by atoms with E-state index < -0.39 is 11.9 Å². The van der Waals surface area contributed by atoms with Crippen LogP contribution in [0.15, 0.2) is 39.4 Å². The van der Waals surface area contributed by atoms with E-state index in [0.717, 1.165) is 17.7 Å². The van der Waals surface area contributed by atoms with Crippen molar-refractivity contribution in [3.8, 4) is 11.4 Å². The van der Waals surface area contributed by atoms with Gasteiger partial charge in [-0.05, 0) is 30.9 Å². The summed E-state index contributed by atoms with van der Waals surface area (Å²) in [4.78, 5) is 24.9. The topological polar surface area (TPSA) is 102 Å². The molecule has 0 aliphatic rings. The first kappa shape index (κ1) is 19.2. The summed E-state index contributed by atoms with van der Waals surface area (Å²) in [5, 5.41) is 15.8. The zero-order chi connectivity index (χ0) is 19.2. The highest BCUT2D eigenvalue weighted by molar-refractivity contribution is 7.99. The maximum absolute atomic E-state index is 12.0. The van der Waals surface area contributed by atoms with Gasteiger partial charge in [-0.25, -0.2) is 4.79 Å². The van der Waals surface area contributed by atoms with Gasteiger partial charge < -0.3 is 14.3 Å². The molecule has 2 N–H and O–H groups in total. The van der Waals surface area contributed by atoms with Crippen molar-refractivity contribution < 1.29 is 14.0 Å². The molecule has 0 spiro atoms. The maximum atomic E-state index is 12.0. The van der Waals surface area contributed by atoms with Crippen molar-refractivity contribution in [1.82, 2.24) is 25.4 Å². The van der Waals surface area contributed by atoms with Crippen molar-refractivity contribution in [2.75, 3.05) is 12.3 Å². The van der Waals surface area contributed by atoms with Crippen molar-refractivity contribution in [1.29, 1.82) is 0 Å². The summed E-state index contributed by atoms with van der Waals surface area (Å²) in [5.74, 6) is 1.08. The van der Waals surface area contributed by atoms with Crippen LogP contribution in [0.1, 0.15) is 10.6 Å². The van der Waals surface area contributed by atoms with E-state index in [4.69, 9.17) is 4.42 Å². The van der Waals surface area contributed by atoms with Gasteiger partial charge in [0.1, 0.15) is 5.76 Å². The highest BCUT2D eigenvalue weighted by Crippen LogP contribution is 2.25. The van der Waals surface area contributed by atoms with Crippen LogP contribution in [0.5, 0.6) is 0 Å². The highest BCUT2D eigenvalue weighted by Gasteiger charge is 2.16. The molecule has 0 radical (unpaired) electrons. The van der Waals surface area contributed by atoms with Crippen molar-refractivity contribution in [2.45, 2.75) is 18.5 Å². The van der Waals surface area contributed by atoms with E-state index >= 15 is 0 Å². The molecular formula is C17H19N5O3S2. The van der Waals surface area contributed by atoms with E-state index in [-0.39, 0.29) is 5.75 Å². The third kappa shape index (κ3) is 4.98. The van der Waals surface area contributed by atoms with Gasteiger partial charge in [-0.2, -0.15) is 0 Å². The smallest absolute Gasteiger partial charge is 0.321 e. The second-order valence-corrected chi connectivity index (χ2v) is 7.65. The molecule has 0 bridgehead atoms. The van der Waals surface area contributed by atoms with Crippen LogP contribution in [-0.4, -0.2) is 39.0 Å². The fraction of sp³-hybridized carbons (Fsp3) is 0.294. The quantitative estimate of drug-likeness (QED) is 0.586. The van der Waals surface area contributed by atoms with Gasteiger partial charge in [0.25, 0.3) is 0 Å². The summed E-state index contributed by atoms with van der Waals surface area (Å²) in [5.41, 5.74) is 0.853. The van der Waals surface area contributed by atoms with Crippen LogP contribution in [0.4, 0.5) is 4.79 Å². The Labute approximate surface area is 164 Å². The van der Waals surface area contributed by atoms with Crippen LogP contribution in [0, 0.1) is 6.92 Å². The summed E-state index contributed by atoms with van der Waals surface area (Å²) in [7, 11) is 1.82. The number of nitrogens with zero attached hydrogens (tertiary/aromatic N) is 3. The molecule has 27 heavy (non-hydrogen) atoms. The van der Waals surface area contributed by atoms with Crippen molar-refractivity contribution >= 4 is 35.0 Å². The maximum Gasteiger partial charge on any atom is 0.321 e. The molecule has 8 nitrogen and oxygen atoms in total. The Morgan fingerprint density at radius 1 is 1.33 bits per heavy atom. The molecule has 3 aromatic rings. The number of aryl methyl sites for hydroxylation is 1. The summed E-state index contributed by atoms with van der Waals surface area (Å²) in [6, 6.07) is 5.30. The zero-order valence-corrected chi connectivity index (χ0v) is 16.5. The molecule has 0 atom stereocenters. The lowest BCUT2D eigenvalue weighted by Crippen LogP contribution is -2.41. The molecular weight excluding hydrogens is 386 g/mol. The second kappa shape index (κ2) is 8.87. The van der Waals surface area contributed by atoms with Crippen LogP contribution in [0.2, 0.25) is 0 Å². The van der Waals surface area contributed by atoms with Gasteiger partial charge >= 0.3 is 6.03 Å². The first-order chi connectivity index (χ1) is 13.0. The van der Waals surface area contributed by atoms with E-state index in [1.54, 1.807) is 22.2 Å². The number of imide groups is 1. The number of rotatable bonds is 7. The molecule has 10 heteroatoms. The van der Waals surface area contributed by atoms with Crippen LogP contribution in [-0.2, 0) is 18.3 Å². The Hall–Kier alpha value is -2.59. The summed E-state index contributed by atoms with van der Waals surface area (Å²) in [6.45, 7) is 2.32. The monoisotopic (exact) mass is 405 g/mol. The first-order valence-electron chi connectivity index (χ1n) is 8.21. The molecule has 0 aromatic carbocycles. The molecule has 3 amide bonds. The normalized spacial score (nSPS) is 10.7. The second-order valence-electron chi connectivity index (χ2n) is 5.68. The Kier molecular flexibility index (Phi) is 6.30.